The molecule has 2 aliphatic rings. The maximum Gasteiger partial charge on any atom is 0.244 e. The van der Waals surface area contributed by atoms with Crippen molar-refractivity contribution in [3.8, 4) is 0 Å². The van der Waals surface area contributed by atoms with E-state index >= 15 is 0 Å². The molecule has 1 heterocycles. The van der Waals surface area contributed by atoms with Crippen LogP contribution in [0.1, 0.15) is 17.5 Å². The lowest BCUT2D eigenvalue weighted by molar-refractivity contribution is -0.129. The number of fused-ring (bicyclic) bond motifs is 2. The lowest BCUT2D eigenvalue weighted by atomic mass is 9.89. The number of rotatable bonds is 0. The third kappa shape index (κ3) is 1.19. The summed E-state index contributed by atoms with van der Waals surface area (Å²) in [6, 6.07) is 4.69. The van der Waals surface area contributed by atoms with E-state index in [2.05, 4.69) is 10.6 Å². The van der Waals surface area contributed by atoms with Crippen LogP contribution in [0.25, 0.3) is 0 Å². The van der Waals surface area contributed by atoms with Crippen LogP contribution in [-0.4, -0.2) is 19.0 Å². The van der Waals surface area contributed by atoms with Crippen LogP contribution in [0.2, 0.25) is 0 Å². The highest BCUT2D eigenvalue weighted by Crippen LogP contribution is 2.38. The van der Waals surface area contributed by atoms with Crippen LogP contribution in [0.3, 0.4) is 0 Å². The molecular formula is C12H13FN2O. The molecule has 1 spiro atoms. The van der Waals surface area contributed by atoms with Gasteiger partial charge >= 0.3 is 0 Å². The third-order valence-electron chi connectivity index (χ3n) is 3.52. The number of piperazine rings is 1. The first kappa shape index (κ1) is 9.78. The molecule has 0 bridgehead atoms. The Morgan fingerprint density at radius 2 is 2.19 bits per heavy atom. The first-order chi connectivity index (χ1) is 7.72. The number of aryl methyl sites for hydroxylation is 1. The van der Waals surface area contributed by atoms with Crippen molar-refractivity contribution in [1.29, 1.82) is 0 Å². The first-order valence-electron chi connectivity index (χ1n) is 5.55. The molecule has 0 saturated carbocycles. The van der Waals surface area contributed by atoms with Crippen LogP contribution in [0.4, 0.5) is 4.39 Å². The van der Waals surface area contributed by atoms with Gasteiger partial charge in [0, 0.05) is 13.1 Å². The lowest BCUT2D eigenvalue weighted by Gasteiger charge is -2.34. The Morgan fingerprint density at radius 3 is 3.00 bits per heavy atom. The van der Waals surface area contributed by atoms with Crippen LogP contribution in [0.5, 0.6) is 0 Å². The number of carbonyl (C=O) groups is 1. The predicted molar refractivity (Wildman–Crippen MR) is 57.4 cm³/mol. The zero-order valence-electron chi connectivity index (χ0n) is 8.85. The van der Waals surface area contributed by atoms with Gasteiger partial charge in [0.2, 0.25) is 5.91 Å². The molecule has 1 aliphatic carbocycles. The van der Waals surface area contributed by atoms with Crippen LogP contribution in [-0.2, 0) is 16.8 Å². The van der Waals surface area contributed by atoms with E-state index in [1.54, 1.807) is 6.07 Å². The Hall–Kier alpha value is -1.42. The van der Waals surface area contributed by atoms with Crippen molar-refractivity contribution >= 4 is 5.91 Å². The van der Waals surface area contributed by atoms with E-state index in [4.69, 9.17) is 0 Å². The second-order valence-electron chi connectivity index (χ2n) is 4.39. The van der Waals surface area contributed by atoms with Gasteiger partial charge in [0.1, 0.15) is 11.4 Å². The van der Waals surface area contributed by atoms with Gasteiger partial charge in [0.15, 0.2) is 0 Å². The van der Waals surface area contributed by atoms with E-state index in [1.807, 2.05) is 0 Å². The van der Waals surface area contributed by atoms with E-state index < -0.39 is 5.54 Å². The minimum Gasteiger partial charge on any atom is -0.353 e. The summed E-state index contributed by atoms with van der Waals surface area (Å²) in [6.07, 6.45) is 1.48. The van der Waals surface area contributed by atoms with Crippen LogP contribution in [0.15, 0.2) is 18.2 Å². The first-order valence-corrected chi connectivity index (χ1v) is 5.55. The molecule has 1 unspecified atom stereocenters. The average molecular weight is 220 g/mol. The second kappa shape index (κ2) is 3.28. The zero-order chi connectivity index (χ0) is 11.2. The van der Waals surface area contributed by atoms with Gasteiger partial charge < -0.3 is 5.32 Å². The Morgan fingerprint density at radius 1 is 1.31 bits per heavy atom. The summed E-state index contributed by atoms with van der Waals surface area (Å²) in [5.41, 5.74) is 1.28. The summed E-state index contributed by atoms with van der Waals surface area (Å²) in [7, 11) is 0. The standard InChI is InChI=1S/C12H13FN2O/c13-9-1-2-10-8(7-9)3-4-12(10)11(16)14-5-6-15-12/h1-2,7,15H,3-6H2,(H,14,16). The van der Waals surface area contributed by atoms with Crippen molar-refractivity contribution in [3.63, 3.8) is 0 Å². The third-order valence-corrected chi connectivity index (χ3v) is 3.52. The van der Waals surface area contributed by atoms with Crippen LogP contribution < -0.4 is 10.6 Å². The van der Waals surface area contributed by atoms with Gasteiger partial charge in [-0.3, -0.25) is 10.1 Å². The van der Waals surface area contributed by atoms with E-state index in [0.717, 1.165) is 30.5 Å². The highest BCUT2D eigenvalue weighted by Gasteiger charge is 2.46. The summed E-state index contributed by atoms with van der Waals surface area (Å²) >= 11 is 0. The molecule has 3 nitrogen and oxygen atoms in total. The molecule has 1 aliphatic heterocycles. The zero-order valence-corrected chi connectivity index (χ0v) is 8.85. The molecule has 0 aromatic heterocycles. The highest BCUT2D eigenvalue weighted by atomic mass is 19.1. The van der Waals surface area contributed by atoms with Gasteiger partial charge in [-0.1, -0.05) is 6.07 Å². The summed E-state index contributed by atoms with van der Waals surface area (Å²) in [4.78, 5) is 12.0. The molecule has 2 N–H and O–H groups in total. The van der Waals surface area contributed by atoms with E-state index in [9.17, 15) is 9.18 Å². The van der Waals surface area contributed by atoms with E-state index in [1.165, 1.54) is 12.1 Å². The molecule has 1 fully saturated rings. The summed E-state index contributed by atoms with van der Waals surface area (Å²) in [5, 5.41) is 6.16. The van der Waals surface area contributed by atoms with Crippen molar-refractivity contribution in [3.05, 3.63) is 35.1 Å². The molecular weight excluding hydrogens is 207 g/mol. The SMILES string of the molecule is O=C1NCCNC12CCc1cc(F)ccc12. The average Bonchev–Trinajstić information content (AvgIpc) is 2.62. The topological polar surface area (TPSA) is 41.1 Å². The smallest absolute Gasteiger partial charge is 0.244 e. The van der Waals surface area contributed by atoms with Crippen LogP contribution in [0, 0.1) is 5.82 Å². The molecule has 1 saturated heterocycles. The van der Waals surface area contributed by atoms with Crippen molar-refractivity contribution in [2.75, 3.05) is 13.1 Å². The number of amides is 1. The van der Waals surface area contributed by atoms with Gasteiger partial charge in [-0.15, -0.1) is 0 Å². The molecule has 1 aromatic rings. The predicted octanol–water partition coefficient (Wildman–Crippen LogP) is 0.687. The Balaban J connectivity index is 2.10. The maximum atomic E-state index is 13.1. The normalized spacial score (nSPS) is 27.9. The molecule has 16 heavy (non-hydrogen) atoms. The summed E-state index contributed by atoms with van der Waals surface area (Å²) in [5.74, 6) is -0.212. The van der Waals surface area contributed by atoms with E-state index in [0.29, 0.717) is 6.54 Å². The Kier molecular flexibility index (Phi) is 2.01. The molecule has 1 aromatic carbocycles. The molecule has 84 valence electrons. The summed E-state index contributed by atoms with van der Waals surface area (Å²) < 4.78 is 13.1. The fraction of sp³-hybridized carbons (Fsp3) is 0.417. The quantitative estimate of drug-likeness (QED) is 0.675. The number of hydrogen-bond acceptors (Lipinski definition) is 2. The van der Waals surface area contributed by atoms with Gasteiger partial charge in [0.05, 0.1) is 0 Å². The number of carbonyl (C=O) groups excluding carboxylic acids is 1. The monoisotopic (exact) mass is 220 g/mol. The number of nitrogens with one attached hydrogen (secondary N) is 2. The maximum absolute atomic E-state index is 13.1. The molecule has 1 amide bonds. The molecule has 1 atom stereocenters. The van der Waals surface area contributed by atoms with Crippen molar-refractivity contribution in [2.24, 2.45) is 0 Å². The van der Waals surface area contributed by atoms with E-state index in [-0.39, 0.29) is 11.7 Å². The van der Waals surface area contributed by atoms with Gasteiger partial charge in [-0.05, 0) is 36.1 Å². The van der Waals surface area contributed by atoms with Crippen molar-refractivity contribution < 1.29 is 9.18 Å². The number of halogens is 1. The Labute approximate surface area is 93.0 Å². The van der Waals surface area contributed by atoms with Gasteiger partial charge in [-0.2, -0.15) is 0 Å². The minimum absolute atomic E-state index is 0.0177. The lowest BCUT2D eigenvalue weighted by Crippen LogP contribution is -2.59. The van der Waals surface area contributed by atoms with Crippen molar-refractivity contribution in [1.82, 2.24) is 10.6 Å². The fourth-order valence-corrected chi connectivity index (χ4v) is 2.74. The second-order valence-corrected chi connectivity index (χ2v) is 4.39. The van der Waals surface area contributed by atoms with Gasteiger partial charge in [0.25, 0.3) is 0 Å². The summed E-state index contributed by atoms with van der Waals surface area (Å²) in [6.45, 7) is 1.43. The number of benzene rings is 1. The fourth-order valence-electron chi connectivity index (χ4n) is 2.74. The largest absolute Gasteiger partial charge is 0.353 e. The van der Waals surface area contributed by atoms with Crippen LogP contribution >= 0.6 is 0 Å². The molecule has 4 heteroatoms. The van der Waals surface area contributed by atoms with Crippen molar-refractivity contribution in [2.45, 2.75) is 18.4 Å². The Bertz CT molecular complexity index is 460. The minimum atomic E-state index is -0.610. The highest BCUT2D eigenvalue weighted by molar-refractivity contribution is 5.89. The number of hydrogen-bond donors (Lipinski definition) is 2. The molecule has 3 rings (SSSR count). The van der Waals surface area contributed by atoms with Gasteiger partial charge in [-0.25, -0.2) is 4.39 Å². The molecule has 0 radical (unpaired) electrons.